The molecule has 3 atom stereocenters. The maximum absolute atomic E-state index is 11.7. The quantitative estimate of drug-likeness (QED) is 0.00770. The molecule has 0 aliphatic heterocycles. The van der Waals surface area contributed by atoms with E-state index in [9.17, 15) is 14.4 Å². The molecule has 3 aliphatic rings. The number of thiophene rings is 3. The number of aryl methyl sites for hydroxylation is 4. The average molecular weight is 2200 g/mol. The molecular weight excluding hydrogens is 2050 g/mol. The number of halogens is 2. The van der Waals surface area contributed by atoms with Crippen molar-refractivity contribution in [2.45, 2.75) is 242 Å². The van der Waals surface area contributed by atoms with Crippen LogP contribution in [0.1, 0.15) is 223 Å². The molecule has 0 spiro atoms. The Kier molecular flexibility index (Phi) is 50.1. The van der Waals surface area contributed by atoms with Crippen LogP contribution >= 0.6 is 130 Å². The van der Waals surface area contributed by atoms with Crippen LogP contribution in [0.15, 0.2) is 205 Å². The van der Waals surface area contributed by atoms with Gasteiger partial charge in [0, 0.05) is 62.0 Å². The molecule has 3 aliphatic carbocycles. The van der Waals surface area contributed by atoms with Crippen LogP contribution in [0, 0.1) is 27.7 Å². The van der Waals surface area contributed by atoms with Crippen molar-refractivity contribution in [2.24, 2.45) is 0 Å². The molecule has 0 fully saturated rings. The van der Waals surface area contributed by atoms with Crippen LogP contribution in [0.25, 0.3) is 54.3 Å². The van der Waals surface area contributed by atoms with Gasteiger partial charge in [-0.05, 0) is 301 Å². The van der Waals surface area contributed by atoms with E-state index in [2.05, 4.69) is 320 Å². The summed E-state index contributed by atoms with van der Waals surface area (Å²) in [5.41, 5.74) is 23.1. The molecule has 6 nitrogen and oxygen atoms in total. The second kappa shape index (κ2) is 56.7. The first kappa shape index (κ1) is 110. The van der Waals surface area contributed by atoms with Gasteiger partial charge in [0.25, 0.3) is 0 Å². The van der Waals surface area contributed by atoms with Gasteiger partial charge in [-0.15, -0.1) is 66.8 Å². The van der Waals surface area contributed by atoms with Gasteiger partial charge in [-0.25, -0.2) is 0 Å². The molecule has 3 aromatic heterocycles. The van der Waals surface area contributed by atoms with Crippen LogP contribution in [0.2, 0.25) is 29.6 Å². The van der Waals surface area contributed by atoms with E-state index < -0.39 is 36.8 Å². The van der Waals surface area contributed by atoms with Gasteiger partial charge in [0.1, 0.15) is 0 Å². The van der Waals surface area contributed by atoms with Crippen molar-refractivity contribution in [1.82, 2.24) is 0 Å². The van der Waals surface area contributed by atoms with E-state index in [4.69, 9.17) is 9.47 Å². The van der Waals surface area contributed by atoms with Gasteiger partial charge in [-0.2, -0.15) is 46.1 Å². The number of ether oxygens (including phenoxy) is 3. The number of rotatable bonds is 43. The summed E-state index contributed by atoms with van der Waals surface area (Å²) < 4.78 is 20.6. The Morgan fingerprint density at radius 3 is 0.992 bits per heavy atom. The van der Waals surface area contributed by atoms with Crippen molar-refractivity contribution in [3.05, 3.63) is 259 Å². The Morgan fingerprint density at radius 1 is 0.392 bits per heavy atom. The average Bonchev–Trinajstić information content (AvgIpc) is 1.58. The Balaban J connectivity index is 0.000000264. The van der Waals surface area contributed by atoms with Crippen molar-refractivity contribution < 1.29 is 28.6 Å². The molecule has 19 heteroatoms. The van der Waals surface area contributed by atoms with Gasteiger partial charge in [-0.1, -0.05) is 166 Å². The molecule has 0 N–H and O–H groups in total. The molecule has 3 heterocycles. The standard InChI is InChI=1S/C39H52O4S3.C29H32S.C23H24Br2.C5H10O2S.C4H2S.6CH3.H4P2.H3P.2Sn/c1-5-42-37(40)19-25-44-23-11-7-9-21-39(22-10-8-12-24-45-26-20-38(41)43-6-2)34-27-29(3)13-16-32(34)33-17-15-31(28-35(33)39)36-18-14-30(4)46-36;1-5-7-9-17-29(18-10-8-6-2)26-19-21(3)11-14-24(26)25-15-13-23(20-27(25)29)28-16-12-22(4)30-28;1-3-5-7-13-23(14-8-6-4-2)21-15-17(24)9-11-19(21)20-12-10-18(25)16-22(20)23;1-2-7-5(6)3-4-8;1-2-4-5-3-1;;;;;;;1-2;;;/h13-18,27-28H,5-12,19-26H2,1-4H3;5-6,11-16,19-20H,1-2,7-10,17-18H2,3-4H3;3-4,9-12,15-16H,1-2,5-8,13-14H2;8H,2-4H2,1H3;1-2H;6*1H3;1-2H2;1H3;;. The van der Waals surface area contributed by atoms with Crippen LogP contribution < -0.4 is 5.79 Å². The predicted octanol–water partition coefficient (Wildman–Crippen LogP) is 32.4. The van der Waals surface area contributed by atoms with Gasteiger partial charge in [0.15, 0.2) is 0 Å². The van der Waals surface area contributed by atoms with Crippen LogP contribution in [-0.4, -0.2) is 103 Å². The third kappa shape index (κ3) is 32.2. The number of esters is 3. The van der Waals surface area contributed by atoms with Crippen LogP contribution in [0.4, 0.5) is 0 Å². The number of allylic oxidation sites excluding steroid dienone is 4. The van der Waals surface area contributed by atoms with Gasteiger partial charge in [0.2, 0.25) is 0 Å². The third-order valence-corrected chi connectivity index (χ3v) is 48.9. The first-order valence-corrected chi connectivity index (χ1v) is 74.6. The molecule has 678 valence electrons. The van der Waals surface area contributed by atoms with Gasteiger partial charge in [-0.3, -0.25) is 14.4 Å². The number of fused-ring (bicyclic) bond motifs is 9. The zero-order valence-corrected chi connectivity index (χ0v) is 95.1. The van der Waals surface area contributed by atoms with E-state index in [-0.39, 0.29) is 44.1 Å². The fraction of sp³-hybridized carbons (Fsp3) is 0.443. The number of carbonyl (C=O) groups excluding carboxylic acids is 3. The van der Waals surface area contributed by atoms with Crippen LogP contribution in [0.3, 0.4) is 0 Å². The molecule has 0 bridgehead atoms. The van der Waals surface area contributed by atoms with Crippen molar-refractivity contribution in [2.75, 3.05) is 48.6 Å². The number of unbranched alkanes of at least 4 members (excludes halogenated alkanes) is 8. The molecular formula is C106H145Br2O6P3S6Sn2. The second-order valence-corrected chi connectivity index (χ2v) is 73.9. The zero-order valence-electron chi connectivity index (χ0n) is 77.5. The molecule has 0 saturated heterocycles. The summed E-state index contributed by atoms with van der Waals surface area (Å²) >= 11 is 17.4. The number of hydrogen-bond donors (Lipinski definition) is 1. The first-order valence-electron chi connectivity index (χ1n) is 45.0. The van der Waals surface area contributed by atoms with Gasteiger partial charge in [0.05, 0.1) is 39.1 Å². The molecule has 0 radical (unpaired) electrons. The monoisotopic (exact) mass is 2200 g/mol. The minimum atomic E-state index is -1.74. The maximum atomic E-state index is 11.7. The Bertz CT molecular complexity index is 4750. The summed E-state index contributed by atoms with van der Waals surface area (Å²) in [6.45, 7) is 31.5. The number of benzene rings is 6. The van der Waals surface area contributed by atoms with Gasteiger partial charge >= 0.3 is 114 Å². The Labute approximate surface area is 814 Å². The number of hydrogen-bond acceptors (Lipinski definition) is 12. The number of carbonyl (C=O) groups is 3. The summed E-state index contributed by atoms with van der Waals surface area (Å²) in [5, 5.41) is 0. The van der Waals surface area contributed by atoms with Crippen molar-refractivity contribution in [1.29, 1.82) is 0 Å². The van der Waals surface area contributed by atoms with Gasteiger partial charge < -0.3 is 14.2 Å². The summed E-state index contributed by atoms with van der Waals surface area (Å²) in [6.07, 6.45) is 32.7. The van der Waals surface area contributed by atoms with Crippen LogP contribution in [0.5, 0.6) is 0 Å². The normalized spacial score (nSPS) is 12.8. The Morgan fingerprint density at radius 2 is 0.696 bits per heavy atom. The summed E-state index contributed by atoms with van der Waals surface area (Å²) in [5.74, 6) is 4.10. The SMILES string of the molecule is C=CCCCC1(CCCC=C)c2cc(Br)ccc2-c2ccc(Br)cc21.C=CCCCC1(CCCC=C)c2cc(C)ccc2-c2ccc(-c3ccc(C)s3)cc21.CCOC(=O)CCS.CCOC(=O)CCSCCCCCC1(CCCCCSCCC(=O)OCC)c2cc(C)ccc2-c2ccc(-c3ccc(C)s3)cc21.P.PP.[CH3][Sn]([CH3])([CH3])[c]1cc[c]([Sn]([CH3])([CH3])[CH3])s1. The van der Waals surface area contributed by atoms with Crippen LogP contribution in [-0.2, 0) is 44.8 Å². The molecule has 3 unspecified atom stereocenters. The Hall–Kier alpha value is -3.31. The molecule has 0 amide bonds. The zero-order chi connectivity index (χ0) is 90.5. The summed E-state index contributed by atoms with van der Waals surface area (Å²) in [7, 11) is 4.67. The molecule has 12 rings (SSSR count). The molecule has 125 heavy (non-hydrogen) atoms. The first-order chi connectivity index (χ1) is 59.6. The fourth-order valence-corrected chi connectivity index (χ4v) is 35.9. The van der Waals surface area contributed by atoms with Crippen molar-refractivity contribution in [3.63, 3.8) is 0 Å². The van der Waals surface area contributed by atoms with E-state index >= 15 is 0 Å². The molecule has 9 aromatic rings. The third-order valence-electron chi connectivity index (χ3n) is 23.4. The van der Waals surface area contributed by atoms with E-state index in [0.29, 0.717) is 44.8 Å². The minimum absolute atomic E-state index is 0. The van der Waals surface area contributed by atoms with Crippen molar-refractivity contribution in [3.8, 4) is 54.3 Å². The second-order valence-electron chi connectivity index (χ2n) is 34.7. The van der Waals surface area contributed by atoms with E-state index in [1.54, 1.807) is 12.7 Å². The molecule has 0 saturated carbocycles. The predicted molar refractivity (Wildman–Crippen MR) is 585 cm³/mol. The van der Waals surface area contributed by atoms with E-state index in [1.807, 2.05) is 72.2 Å². The topological polar surface area (TPSA) is 78.9 Å². The number of thiol groups is 1. The number of thioether (sulfide) groups is 2. The van der Waals surface area contributed by atoms with Crippen molar-refractivity contribution >= 4 is 190 Å². The van der Waals surface area contributed by atoms with E-state index in [1.165, 1.54) is 173 Å². The molecule has 6 aromatic carbocycles. The van der Waals surface area contributed by atoms with E-state index in [0.717, 1.165) is 96.2 Å². The fourth-order valence-electron chi connectivity index (χ4n) is 17.4. The summed E-state index contributed by atoms with van der Waals surface area (Å²) in [4.78, 5) is 54.2. The summed E-state index contributed by atoms with van der Waals surface area (Å²) in [6, 6.07) is 56.0.